The largest absolute Gasteiger partial charge is 0.311 e. The molecule has 10 aromatic carbocycles. The fraction of sp³-hybridized carbons (Fsp3) is 0. The van der Waals surface area contributed by atoms with Crippen LogP contribution in [0.2, 0.25) is 0 Å². The molecule has 10 rings (SSSR count). The molecule has 0 aliphatic rings. The first-order valence-electron chi connectivity index (χ1n) is 24.0. The zero-order valence-corrected chi connectivity index (χ0v) is 29.4. The van der Waals surface area contributed by atoms with Crippen molar-refractivity contribution in [2.45, 2.75) is 0 Å². The average Bonchev–Trinajstić information content (AvgIpc) is 3.35. The van der Waals surface area contributed by atoms with E-state index in [0.717, 1.165) is 42.8 Å². The summed E-state index contributed by atoms with van der Waals surface area (Å²) >= 11 is 0. The molecule has 0 aliphatic carbocycles. The molecule has 0 saturated carbocycles. The third-order valence-corrected chi connectivity index (χ3v) is 9.86. The van der Waals surface area contributed by atoms with Crippen molar-refractivity contribution >= 4 is 49.4 Å². The van der Waals surface area contributed by atoms with Gasteiger partial charge in [-0.05, 0) is 119 Å². The second-order valence-corrected chi connectivity index (χ2v) is 13.2. The van der Waals surface area contributed by atoms with Crippen LogP contribution in [0.15, 0.2) is 224 Å². The van der Waals surface area contributed by atoms with Gasteiger partial charge in [-0.3, -0.25) is 0 Å². The Hall–Kier alpha value is -7.22. The van der Waals surface area contributed by atoms with E-state index < -0.39 is 89.6 Å². The van der Waals surface area contributed by atoms with Crippen LogP contribution < -0.4 is 4.90 Å². The van der Waals surface area contributed by atoms with Crippen LogP contribution in [-0.2, 0) is 0 Å². The molecular formula is C54H37N. The van der Waals surface area contributed by atoms with Crippen molar-refractivity contribution in [3.63, 3.8) is 0 Å². The van der Waals surface area contributed by atoms with Crippen molar-refractivity contribution in [3.8, 4) is 44.5 Å². The van der Waals surface area contributed by atoms with Crippen LogP contribution in [0.1, 0.15) is 16.4 Å². The molecule has 258 valence electrons. The summed E-state index contributed by atoms with van der Waals surface area (Å²) in [5.74, 6) is 0. The Kier molecular flexibility index (Phi) is 5.61. The molecule has 1 nitrogen and oxygen atoms in total. The Morgan fingerprint density at radius 1 is 0.291 bits per heavy atom. The highest BCUT2D eigenvalue weighted by molar-refractivity contribution is 6.08. The molecule has 0 radical (unpaired) electrons. The van der Waals surface area contributed by atoms with Crippen LogP contribution in [0.3, 0.4) is 0 Å². The molecule has 10 aromatic rings. The van der Waals surface area contributed by atoms with Gasteiger partial charge in [0.25, 0.3) is 0 Å². The third-order valence-electron chi connectivity index (χ3n) is 9.86. The van der Waals surface area contributed by atoms with E-state index in [1.165, 1.54) is 0 Å². The van der Waals surface area contributed by atoms with E-state index >= 15 is 0 Å². The number of benzene rings is 10. The van der Waals surface area contributed by atoms with Crippen LogP contribution in [0, 0.1) is 0 Å². The molecular weight excluding hydrogens is 663 g/mol. The zero-order valence-electron chi connectivity index (χ0n) is 41.4. The monoisotopic (exact) mass is 711 g/mol. The fourth-order valence-corrected chi connectivity index (χ4v) is 7.18. The Morgan fingerprint density at radius 2 is 0.745 bits per heavy atom. The van der Waals surface area contributed by atoms with Gasteiger partial charge in [0.15, 0.2) is 0 Å². The first-order valence-corrected chi connectivity index (χ1v) is 18.0. The van der Waals surface area contributed by atoms with Crippen molar-refractivity contribution in [2.75, 3.05) is 4.90 Å². The Balaban J connectivity index is 1.26. The fourth-order valence-electron chi connectivity index (χ4n) is 7.18. The normalized spacial score (nSPS) is 14.3. The molecule has 55 heavy (non-hydrogen) atoms. The van der Waals surface area contributed by atoms with Gasteiger partial charge in [0.1, 0.15) is 0 Å². The van der Waals surface area contributed by atoms with Crippen LogP contribution in [0.4, 0.5) is 17.1 Å². The molecule has 0 spiro atoms. The van der Waals surface area contributed by atoms with E-state index in [1.54, 1.807) is 48.5 Å². The van der Waals surface area contributed by atoms with E-state index in [-0.39, 0.29) is 16.7 Å². The predicted molar refractivity (Wildman–Crippen MR) is 235 cm³/mol. The van der Waals surface area contributed by atoms with Crippen molar-refractivity contribution in [1.82, 2.24) is 0 Å². The minimum Gasteiger partial charge on any atom is -0.311 e. The van der Waals surface area contributed by atoms with Gasteiger partial charge in [0.2, 0.25) is 0 Å². The van der Waals surface area contributed by atoms with Gasteiger partial charge >= 0.3 is 0 Å². The number of fused-ring (bicyclic) bond motifs is 4. The molecule has 0 atom stereocenters. The second kappa shape index (κ2) is 14.0. The lowest BCUT2D eigenvalue weighted by Gasteiger charge is -2.26. The summed E-state index contributed by atoms with van der Waals surface area (Å²) in [4.78, 5) is 0.857. The summed E-state index contributed by atoms with van der Waals surface area (Å²) in [5, 5.41) is 5.44. The summed E-state index contributed by atoms with van der Waals surface area (Å²) in [6.07, 6.45) is 0. The molecule has 0 heterocycles. The topological polar surface area (TPSA) is 3.24 Å². The molecule has 0 saturated heterocycles. The SMILES string of the molecule is [2H]c1c([2H])c(N(c2c([2H])c([2H])c(-c3ccc4c(ccc5ccccc54)c3)c([2H])c2[2H])c2c([2H])c([2H])c(-c3ccc4ccccc4c3-c3ccccc3)c([2H])c2[2H])c([2H])c([2H])c1-c1ccccc1. The van der Waals surface area contributed by atoms with Gasteiger partial charge < -0.3 is 4.90 Å². The van der Waals surface area contributed by atoms with Gasteiger partial charge in [-0.15, -0.1) is 0 Å². The second-order valence-electron chi connectivity index (χ2n) is 13.2. The summed E-state index contributed by atoms with van der Waals surface area (Å²) in [5.41, 5.74) is 0.702. The van der Waals surface area contributed by atoms with Crippen molar-refractivity contribution < 1.29 is 16.4 Å². The van der Waals surface area contributed by atoms with E-state index in [1.807, 2.05) is 103 Å². The molecule has 0 unspecified atom stereocenters. The highest BCUT2D eigenvalue weighted by Crippen LogP contribution is 2.41. The summed E-state index contributed by atoms with van der Waals surface area (Å²) in [6.45, 7) is 0. The molecule has 0 aromatic heterocycles. The van der Waals surface area contributed by atoms with E-state index in [4.69, 9.17) is 0 Å². The van der Waals surface area contributed by atoms with Gasteiger partial charge in [0.05, 0.1) is 16.4 Å². The van der Waals surface area contributed by atoms with Gasteiger partial charge in [0, 0.05) is 17.1 Å². The van der Waals surface area contributed by atoms with E-state index in [9.17, 15) is 16.4 Å². The van der Waals surface area contributed by atoms with Crippen LogP contribution in [-0.4, -0.2) is 0 Å². The number of rotatable bonds is 7. The molecule has 0 aliphatic heterocycles. The zero-order chi connectivity index (χ0) is 47.0. The van der Waals surface area contributed by atoms with Crippen LogP contribution >= 0.6 is 0 Å². The smallest absolute Gasteiger partial charge is 0.0645 e. The highest BCUT2D eigenvalue weighted by Gasteiger charge is 2.16. The van der Waals surface area contributed by atoms with Crippen LogP contribution in [0.25, 0.3) is 76.8 Å². The lowest BCUT2D eigenvalue weighted by atomic mass is 9.90. The molecule has 0 amide bonds. The van der Waals surface area contributed by atoms with Crippen molar-refractivity contribution in [1.29, 1.82) is 0 Å². The number of anilines is 3. The standard InChI is InChI=1S/C54H37N/c1-3-11-38(12-4-1)39-21-29-47(30-22-39)55(48-31-23-40(24-32-48)45-28-35-51-46(37-45)20-19-41-13-7-9-17-50(41)51)49-33-25-43(26-34-49)53-36-27-42-14-8-10-18-52(42)54(53)44-15-5-2-6-16-44/h1-37H/i21D,22D,23D,24D,25D,26D,29D,30D,31D,32D,33D,34D. The van der Waals surface area contributed by atoms with Crippen molar-refractivity contribution in [2.24, 2.45) is 0 Å². The Bertz CT molecular complexity index is 3580. The third kappa shape index (κ3) is 6.12. The number of hydrogen-bond donors (Lipinski definition) is 0. The minimum absolute atomic E-state index is 0.0436. The summed E-state index contributed by atoms with van der Waals surface area (Å²) in [7, 11) is 0. The Morgan fingerprint density at radius 3 is 1.38 bits per heavy atom. The van der Waals surface area contributed by atoms with Gasteiger partial charge in [-0.1, -0.05) is 182 Å². The number of hydrogen-bond acceptors (Lipinski definition) is 1. The quantitative estimate of drug-likeness (QED) is 0.149. The lowest BCUT2D eigenvalue weighted by Crippen LogP contribution is -2.09. The predicted octanol–water partition coefficient (Wildman–Crippen LogP) is 15.3. The average molecular weight is 712 g/mol. The van der Waals surface area contributed by atoms with Gasteiger partial charge in [-0.2, -0.15) is 0 Å². The lowest BCUT2D eigenvalue weighted by molar-refractivity contribution is 1.28. The highest BCUT2D eigenvalue weighted by atomic mass is 15.1. The summed E-state index contributed by atoms with van der Waals surface area (Å²) < 4.78 is 114. The van der Waals surface area contributed by atoms with E-state index in [0.29, 0.717) is 22.3 Å². The first-order chi connectivity index (χ1) is 32.3. The summed E-state index contributed by atoms with van der Waals surface area (Å²) in [6, 6.07) is 39.1. The molecule has 0 bridgehead atoms. The van der Waals surface area contributed by atoms with Crippen LogP contribution in [0.5, 0.6) is 0 Å². The van der Waals surface area contributed by atoms with E-state index in [2.05, 4.69) is 0 Å². The van der Waals surface area contributed by atoms with Crippen molar-refractivity contribution in [3.05, 3.63) is 224 Å². The maximum atomic E-state index is 9.71. The minimum atomic E-state index is -0.671. The number of nitrogens with zero attached hydrogens (tertiary/aromatic N) is 1. The maximum Gasteiger partial charge on any atom is 0.0645 e. The van der Waals surface area contributed by atoms with Gasteiger partial charge in [-0.25, -0.2) is 0 Å². The molecule has 1 heteroatoms. The first kappa shape index (κ1) is 22.1. The maximum absolute atomic E-state index is 9.71. The molecule has 0 fully saturated rings. The Labute approximate surface area is 338 Å². The molecule has 0 N–H and O–H groups in total.